The Morgan fingerprint density at radius 1 is 1.05 bits per heavy atom. The summed E-state index contributed by atoms with van der Waals surface area (Å²) in [4.78, 5) is 24.9. The fraction of sp³-hybridized carbons (Fsp3) is 0.857. The number of hydrogen-bond acceptors (Lipinski definition) is 2. The minimum atomic E-state index is -0.817. The van der Waals surface area contributed by atoms with Crippen LogP contribution in [0, 0.1) is 0 Å². The van der Waals surface area contributed by atoms with Crippen molar-refractivity contribution in [1.82, 2.24) is 10.2 Å². The molecule has 2 amide bonds. The topological polar surface area (TPSA) is 69.6 Å². The lowest BCUT2D eigenvalue weighted by Crippen LogP contribution is -2.52. The quantitative estimate of drug-likeness (QED) is 0.825. The normalized spacial score (nSPS) is 25.1. The van der Waals surface area contributed by atoms with Crippen LogP contribution in [0.5, 0.6) is 0 Å². The highest BCUT2D eigenvalue weighted by atomic mass is 16.4. The van der Waals surface area contributed by atoms with Crippen LogP contribution in [0.15, 0.2) is 0 Å². The van der Waals surface area contributed by atoms with Gasteiger partial charge in [-0.25, -0.2) is 4.79 Å². The zero-order valence-corrected chi connectivity index (χ0v) is 11.4. The molecule has 2 aliphatic rings. The van der Waals surface area contributed by atoms with E-state index in [4.69, 9.17) is 5.11 Å². The molecule has 0 bridgehead atoms. The Morgan fingerprint density at radius 2 is 1.74 bits per heavy atom. The molecule has 0 aromatic heterocycles. The molecular formula is C14H24N2O3. The average Bonchev–Trinajstić information content (AvgIpc) is 2.39. The van der Waals surface area contributed by atoms with E-state index in [1.54, 1.807) is 4.90 Å². The van der Waals surface area contributed by atoms with Crippen molar-refractivity contribution in [3.8, 4) is 0 Å². The van der Waals surface area contributed by atoms with Crippen molar-refractivity contribution in [3.05, 3.63) is 0 Å². The van der Waals surface area contributed by atoms with E-state index >= 15 is 0 Å². The third kappa shape index (κ3) is 4.11. The molecule has 1 saturated heterocycles. The van der Waals surface area contributed by atoms with E-state index in [-0.39, 0.29) is 24.5 Å². The molecule has 1 aliphatic heterocycles. The van der Waals surface area contributed by atoms with Crippen molar-refractivity contribution < 1.29 is 14.7 Å². The Bertz CT molecular complexity index is 327. The van der Waals surface area contributed by atoms with Crippen LogP contribution in [-0.4, -0.2) is 40.6 Å². The molecule has 2 rings (SSSR count). The van der Waals surface area contributed by atoms with Gasteiger partial charge in [0.15, 0.2) is 0 Å². The van der Waals surface area contributed by atoms with Gasteiger partial charge in [-0.1, -0.05) is 19.3 Å². The van der Waals surface area contributed by atoms with Gasteiger partial charge in [-0.15, -0.1) is 0 Å². The van der Waals surface area contributed by atoms with Gasteiger partial charge in [0.05, 0.1) is 6.42 Å². The Hall–Kier alpha value is -1.26. The van der Waals surface area contributed by atoms with Crippen LogP contribution in [0.1, 0.15) is 57.8 Å². The lowest BCUT2D eigenvalue weighted by molar-refractivity contribution is -0.138. The van der Waals surface area contributed by atoms with Crippen molar-refractivity contribution in [3.63, 3.8) is 0 Å². The predicted molar refractivity (Wildman–Crippen MR) is 72.0 cm³/mol. The van der Waals surface area contributed by atoms with Gasteiger partial charge >= 0.3 is 12.0 Å². The summed E-state index contributed by atoms with van der Waals surface area (Å²) in [5.41, 5.74) is 0. The lowest BCUT2D eigenvalue weighted by Gasteiger charge is -2.36. The highest BCUT2D eigenvalue weighted by Gasteiger charge is 2.29. The number of urea groups is 1. The van der Waals surface area contributed by atoms with E-state index < -0.39 is 5.97 Å². The predicted octanol–water partition coefficient (Wildman–Crippen LogP) is 2.36. The Kier molecular flexibility index (Phi) is 5.05. The number of hydrogen-bond donors (Lipinski definition) is 2. The summed E-state index contributed by atoms with van der Waals surface area (Å²) in [6, 6.07) is 0.0985. The first-order valence-corrected chi connectivity index (χ1v) is 7.46. The van der Waals surface area contributed by atoms with Crippen LogP contribution in [0.25, 0.3) is 0 Å². The first kappa shape index (κ1) is 14.2. The number of piperidine rings is 1. The molecule has 1 saturated carbocycles. The highest BCUT2D eigenvalue weighted by Crippen LogP contribution is 2.22. The molecule has 108 valence electrons. The minimum absolute atomic E-state index is 0.0575. The van der Waals surface area contributed by atoms with E-state index in [2.05, 4.69) is 5.32 Å². The number of rotatable bonds is 3. The fourth-order valence-electron chi connectivity index (χ4n) is 3.19. The minimum Gasteiger partial charge on any atom is -0.481 e. The van der Waals surface area contributed by atoms with Gasteiger partial charge in [-0.2, -0.15) is 0 Å². The summed E-state index contributed by atoms with van der Waals surface area (Å²) in [5, 5.41) is 12.0. The maximum absolute atomic E-state index is 12.3. The third-order valence-corrected chi connectivity index (χ3v) is 4.23. The third-order valence-electron chi connectivity index (χ3n) is 4.23. The number of carbonyl (C=O) groups excluding carboxylic acids is 1. The van der Waals surface area contributed by atoms with E-state index in [9.17, 15) is 9.59 Å². The van der Waals surface area contributed by atoms with Gasteiger partial charge in [-0.3, -0.25) is 4.79 Å². The lowest BCUT2D eigenvalue weighted by atomic mass is 9.95. The molecule has 1 unspecified atom stereocenters. The first-order chi connectivity index (χ1) is 9.16. The van der Waals surface area contributed by atoms with Crippen LogP contribution in [-0.2, 0) is 4.79 Å². The van der Waals surface area contributed by atoms with Crippen molar-refractivity contribution >= 4 is 12.0 Å². The van der Waals surface area contributed by atoms with E-state index in [0.717, 1.165) is 32.1 Å². The second-order valence-corrected chi connectivity index (χ2v) is 5.73. The standard InChI is InChI=1S/C14H24N2O3/c17-13(18)10-12-8-4-5-9-16(12)14(19)15-11-6-2-1-3-7-11/h11-12H,1-10H2,(H,15,19)(H,17,18). The number of amides is 2. The summed E-state index contributed by atoms with van der Waals surface area (Å²) in [7, 11) is 0. The number of likely N-dealkylation sites (tertiary alicyclic amines) is 1. The molecule has 1 atom stereocenters. The van der Waals surface area contributed by atoms with Crippen LogP contribution in [0.2, 0.25) is 0 Å². The molecule has 5 nitrogen and oxygen atoms in total. The van der Waals surface area contributed by atoms with Gasteiger partial charge in [0.25, 0.3) is 0 Å². The van der Waals surface area contributed by atoms with E-state index in [1.807, 2.05) is 0 Å². The summed E-state index contributed by atoms with van der Waals surface area (Å²) in [5.74, 6) is -0.817. The van der Waals surface area contributed by atoms with Crippen LogP contribution in [0.4, 0.5) is 4.79 Å². The summed E-state index contributed by atoms with van der Waals surface area (Å²) >= 11 is 0. The molecule has 0 aromatic carbocycles. The van der Waals surface area contributed by atoms with Gasteiger partial charge in [-0.05, 0) is 32.1 Å². The number of aliphatic carboxylic acids is 1. The number of carboxylic acids is 1. The number of carboxylic acid groups (broad SMARTS) is 1. The number of nitrogens with zero attached hydrogens (tertiary/aromatic N) is 1. The van der Waals surface area contributed by atoms with E-state index in [1.165, 1.54) is 19.3 Å². The largest absolute Gasteiger partial charge is 0.481 e. The molecule has 0 spiro atoms. The Labute approximate surface area is 114 Å². The maximum Gasteiger partial charge on any atom is 0.317 e. The Balaban J connectivity index is 1.88. The van der Waals surface area contributed by atoms with Gasteiger partial charge < -0.3 is 15.3 Å². The average molecular weight is 268 g/mol. The van der Waals surface area contributed by atoms with Gasteiger partial charge in [0, 0.05) is 18.6 Å². The van der Waals surface area contributed by atoms with Gasteiger partial charge in [0.2, 0.25) is 0 Å². The number of nitrogens with one attached hydrogen (secondary N) is 1. The monoisotopic (exact) mass is 268 g/mol. The van der Waals surface area contributed by atoms with Crippen molar-refractivity contribution in [2.24, 2.45) is 0 Å². The molecule has 0 radical (unpaired) electrons. The maximum atomic E-state index is 12.3. The smallest absolute Gasteiger partial charge is 0.317 e. The number of carbonyl (C=O) groups is 2. The van der Waals surface area contributed by atoms with Crippen LogP contribution >= 0.6 is 0 Å². The van der Waals surface area contributed by atoms with Crippen molar-refractivity contribution in [2.45, 2.75) is 69.9 Å². The molecular weight excluding hydrogens is 244 g/mol. The molecule has 0 aromatic rings. The molecule has 2 fully saturated rings. The second-order valence-electron chi connectivity index (χ2n) is 5.73. The zero-order valence-electron chi connectivity index (χ0n) is 11.4. The summed E-state index contributed by atoms with van der Waals surface area (Å²) < 4.78 is 0. The highest BCUT2D eigenvalue weighted by molar-refractivity contribution is 5.76. The molecule has 1 heterocycles. The summed E-state index contributed by atoms with van der Waals surface area (Å²) in [6.07, 6.45) is 8.62. The molecule has 5 heteroatoms. The van der Waals surface area contributed by atoms with Crippen LogP contribution < -0.4 is 5.32 Å². The van der Waals surface area contributed by atoms with E-state index in [0.29, 0.717) is 6.54 Å². The first-order valence-electron chi connectivity index (χ1n) is 7.46. The molecule has 2 N–H and O–H groups in total. The van der Waals surface area contributed by atoms with Gasteiger partial charge in [0.1, 0.15) is 0 Å². The van der Waals surface area contributed by atoms with Crippen LogP contribution in [0.3, 0.4) is 0 Å². The zero-order chi connectivity index (χ0) is 13.7. The van der Waals surface area contributed by atoms with Crippen molar-refractivity contribution in [1.29, 1.82) is 0 Å². The summed E-state index contributed by atoms with van der Waals surface area (Å²) in [6.45, 7) is 0.691. The Morgan fingerprint density at radius 3 is 2.42 bits per heavy atom. The molecule has 19 heavy (non-hydrogen) atoms. The SMILES string of the molecule is O=C(O)CC1CCCCN1C(=O)NC1CCCCC1. The second kappa shape index (κ2) is 6.78. The fourth-order valence-corrected chi connectivity index (χ4v) is 3.19. The molecule has 1 aliphatic carbocycles. The van der Waals surface area contributed by atoms with Crippen molar-refractivity contribution in [2.75, 3.05) is 6.54 Å².